The molecular weight excluding hydrogens is 210 g/mol. The molecule has 15 heavy (non-hydrogen) atoms. The Bertz CT molecular complexity index is 315. The summed E-state index contributed by atoms with van der Waals surface area (Å²) < 4.78 is 5.31. The van der Waals surface area contributed by atoms with Crippen LogP contribution in [0.25, 0.3) is 0 Å². The summed E-state index contributed by atoms with van der Waals surface area (Å²) in [7, 11) is 0. The smallest absolute Gasteiger partial charge is 0.156 e. The molecule has 1 fully saturated rings. The van der Waals surface area contributed by atoms with Gasteiger partial charge in [0.2, 0.25) is 0 Å². The topological polar surface area (TPSA) is 61.0 Å². The van der Waals surface area contributed by atoms with Gasteiger partial charge in [-0.2, -0.15) is 0 Å². The highest BCUT2D eigenvalue weighted by Crippen LogP contribution is 2.26. The number of hydrogen-bond donors (Lipinski definition) is 1. The molecule has 0 saturated carbocycles. The number of rotatable bonds is 3. The summed E-state index contributed by atoms with van der Waals surface area (Å²) in [5, 5.41) is 0.851. The summed E-state index contributed by atoms with van der Waals surface area (Å²) in [4.78, 5) is 8.22. The van der Waals surface area contributed by atoms with Crippen molar-refractivity contribution in [2.75, 3.05) is 24.7 Å². The van der Waals surface area contributed by atoms with Gasteiger partial charge in [-0.3, -0.25) is 0 Å². The van der Waals surface area contributed by atoms with E-state index in [4.69, 9.17) is 10.5 Å². The normalized spacial score (nSPS) is 17.9. The van der Waals surface area contributed by atoms with Crippen LogP contribution in [0, 0.1) is 5.92 Å². The monoisotopic (exact) mass is 225 g/mol. The van der Waals surface area contributed by atoms with Crippen molar-refractivity contribution in [1.82, 2.24) is 9.97 Å². The quantitative estimate of drug-likeness (QED) is 0.791. The molecule has 1 aliphatic rings. The molecule has 1 saturated heterocycles. The van der Waals surface area contributed by atoms with Crippen molar-refractivity contribution < 1.29 is 4.74 Å². The molecule has 2 rings (SSSR count). The first-order valence-corrected chi connectivity index (χ1v) is 6.12. The molecule has 82 valence electrons. The number of thioether (sulfide) groups is 1. The van der Waals surface area contributed by atoms with Gasteiger partial charge in [0.1, 0.15) is 5.03 Å². The van der Waals surface area contributed by atoms with Crippen LogP contribution >= 0.6 is 11.8 Å². The second kappa shape index (κ2) is 5.32. The van der Waals surface area contributed by atoms with E-state index in [1.54, 1.807) is 24.2 Å². The van der Waals surface area contributed by atoms with Gasteiger partial charge in [-0.05, 0) is 18.8 Å². The maximum Gasteiger partial charge on any atom is 0.156 e. The molecule has 5 heteroatoms. The van der Waals surface area contributed by atoms with Crippen molar-refractivity contribution in [3.05, 3.63) is 12.4 Å². The van der Waals surface area contributed by atoms with Crippen molar-refractivity contribution in [1.29, 1.82) is 0 Å². The van der Waals surface area contributed by atoms with Crippen LogP contribution in [0.2, 0.25) is 0 Å². The zero-order valence-corrected chi connectivity index (χ0v) is 9.37. The minimum atomic E-state index is 0.537. The Morgan fingerprint density at radius 2 is 2.07 bits per heavy atom. The summed E-state index contributed by atoms with van der Waals surface area (Å²) in [6.07, 6.45) is 5.59. The van der Waals surface area contributed by atoms with E-state index in [9.17, 15) is 0 Å². The van der Waals surface area contributed by atoms with Gasteiger partial charge in [-0.15, -0.1) is 11.8 Å². The van der Waals surface area contributed by atoms with Gasteiger partial charge in [-0.1, -0.05) is 0 Å². The Hall–Kier alpha value is -0.810. The van der Waals surface area contributed by atoms with Crippen LogP contribution < -0.4 is 5.73 Å². The van der Waals surface area contributed by atoms with E-state index in [1.807, 2.05) is 0 Å². The number of anilines is 1. The minimum Gasteiger partial charge on any atom is -0.381 e. The molecule has 0 aliphatic carbocycles. The molecule has 0 aromatic carbocycles. The van der Waals surface area contributed by atoms with Gasteiger partial charge in [0.05, 0.1) is 0 Å². The Kier molecular flexibility index (Phi) is 3.80. The fraction of sp³-hybridized carbons (Fsp3) is 0.600. The lowest BCUT2D eigenvalue weighted by Gasteiger charge is -2.21. The molecule has 0 spiro atoms. The third kappa shape index (κ3) is 3.07. The van der Waals surface area contributed by atoms with Crippen molar-refractivity contribution in [2.24, 2.45) is 5.92 Å². The van der Waals surface area contributed by atoms with Crippen LogP contribution in [-0.2, 0) is 4.74 Å². The Labute approximate surface area is 93.6 Å². The number of hydrogen-bond acceptors (Lipinski definition) is 5. The average Bonchev–Trinajstić information content (AvgIpc) is 2.29. The molecule has 1 aromatic rings. The van der Waals surface area contributed by atoms with Gasteiger partial charge in [-0.25, -0.2) is 9.97 Å². The predicted molar refractivity (Wildman–Crippen MR) is 60.7 cm³/mol. The lowest BCUT2D eigenvalue weighted by molar-refractivity contribution is 0.0728. The van der Waals surface area contributed by atoms with Crippen LogP contribution in [0.3, 0.4) is 0 Å². The van der Waals surface area contributed by atoms with Crippen molar-refractivity contribution in [3.63, 3.8) is 0 Å². The standard InChI is InChI=1S/C10H15N3OS/c11-9-10(13-4-3-12-9)15-7-8-1-5-14-6-2-8/h3-4,8H,1-2,5-7H2,(H2,11,12). The SMILES string of the molecule is Nc1nccnc1SCC1CCOCC1. The zero-order valence-electron chi connectivity index (χ0n) is 8.56. The van der Waals surface area contributed by atoms with Gasteiger partial charge in [0.15, 0.2) is 5.82 Å². The summed E-state index contributed by atoms with van der Waals surface area (Å²) in [6, 6.07) is 0. The fourth-order valence-corrected chi connectivity index (χ4v) is 2.62. The second-order valence-corrected chi connectivity index (χ2v) is 4.62. The second-order valence-electron chi connectivity index (χ2n) is 3.61. The molecule has 2 heterocycles. The number of ether oxygens (including phenoxy) is 1. The van der Waals surface area contributed by atoms with Gasteiger partial charge < -0.3 is 10.5 Å². The first kappa shape index (κ1) is 10.7. The van der Waals surface area contributed by atoms with Crippen LogP contribution in [0.1, 0.15) is 12.8 Å². The highest BCUT2D eigenvalue weighted by atomic mass is 32.2. The Morgan fingerprint density at radius 3 is 2.80 bits per heavy atom. The number of nitrogens with two attached hydrogens (primary N) is 1. The number of nitrogen functional groups attached to an aromatic ring is 1. The molecule has 1 aromatic heterocycles. The number of aromatic nitrogens is 2. The van der Waals surface area contributed by atoms with Crippen molar-refractivity contribution in [3.8, 4) is 0 Å². The van der Waals surface area contributed by atoms with Crippen molar-refractivity contribution in [2.45, 2.75) is 17.9 Å². The van der Waals surface area contributed by atoms with E-state index in [1.165, 1.54) is 0 Å². The zero-order chi connectivity index (χ0) is 10.5. The molecule has 4 nitrogen and oxygen atoms in total. The van der Waals surface area contributed by atoms with E-state index in [0.29, 0.717) is 5.82 Å². The highest BCUT2D eigenvalue weighted by Gasteiger charge is 2.14. The largest absolute Gasteiger partial charge is 0.381 e. The molecule has 0 radical (unpaired) electrons. The van der Waals surface area contributed by atoms with E-state index >= 15 is 0 Å². The van der Waals surface area contributed by atoms with Crippen LogP contribution in [0.15, 0.2) is 17.4 Å². The minimum absolute atomic E-state index is 0.537. The lowest BCUT2D eigenvalue weighted by atomic mass is 10.0. The molecule has 1 aliphatic heterocycles. The summed E-state index contributed by atoms with van der Waals surface area (Å²) >= 11 is 1.70. The molecular formula is C10H15N3OS. The van der Waals surface area contributed by atoms with Crippen LogP contribution in [0.4, 0.5) is 5.82 Å². The van der Waals surface area contributed by atoms with Gasteiger partial charge in [0, 0.05) is 31.4 Å². The molecule has 0 unspecified atom stereocenters. The van der Waals surface area contributed by atoms with E-state index in [2.05, 4.69) is 9.97 Å². The summed E-state index contributed by atoms with van der Waals surface area (Å²) in [5.74, 6) is 2.33. The van der Waals surface area contributed by atoms with Crippen LogP contribution in [0.5, 0.6) is 0 Å². The van der Waals surface area contributed by atoms with Crippen LogP contribution in [-0.4, -0.2) is 28.9 Å². The predicted octanol–water partition coefficient (Wildman–Crippen LogP) is 1.58. The van der Waals surface area contributed by atoms with Crippen molar-refractivity contribution >= 4 is 17.6 Å². The fourth-order valence-electron chi connectivity index (χ4n) is 1.56. The Morgan fingerprint density at radius 1 is 1.33 bits per heavy atom. The molecule has 0 amide bonds. The number of nitrogens with zero attached hydrogens (tertiary/aromatic N) is 2. The third-order valence-electron chi connectivity index (χ3n) is 2.49. The summed E-state index contributed by atoms with van der Waals surface area (Å²) in [6.45, 7) is 1.78. The molecule has 0 atom stereocenters. The van der Waals surface area contributed by atoms with Gasteiger partial charge in [0.25, 0.3) is 0 Å². The maximum atomic E-state index is 5.72. The van der Waals surface area contributed by atoms with E-state index in [-0.39, 0.29) is 0 Å². The van der Waals surface area contributed by atoms with E-state index < -0.39 is 0 Å². The highest BCUT2D eigenvalue weighted by molar-refractivity contribution is 7.99. The Balaban J connectivity index is 1.84. The first-order valence-electron chi connectivity index (χ1n) is 5.13. The summed E-state index contributed by atoms with van der Waals surface area (Å²) in [5.41, 5.74) is 5.72. The maximum absolute atomic E-state index is 5.72. The first-order chi connectivity index (χ1) is 7.36. The van der Waals surface area contributed by atoms with E-state index in [0.717, 1.165) is 42.8 Å². The van der Waals surface area contributed by atoms with Gasteiger partial charge >= 0.3 is 0 Å². The average molecular weight is 225 g/mol. The molecule has 2 N–H and O–H groups in total. The molecule has 0 bridgehead atoms. The third-order valence-corrected chi connectivity index (χ3v) is 3.71. The lowest BCUT2D eigenvalue weighted by Crippen LogP contribution is -2.17.